The highest BCUT2D eigenvalue weighted by Crippen LogP contribution is 2.35. The molecule has 3 aliphatic rings. The Hall–Kier alpha value is -3.43. The normalized spacial score (nSPS) is 22.9. The molecule has 3 saturated heterocycles. The Bertz CT molecular complexity index is 1310. The predicted octanol–water partition coefficient (Wildman–Crippen LogP) is 3.81. The molecular weight excluding hydrogens is 480 g/mol. The molecule has 1 aromatic carbocycles. The molecule has 1 amide bonds. The molecule has 6 rings (SSSR count). The number of hydrogen-bond acceptors (Lipinski definition) is 8. The lowest BCUT2D eigenvalue weighted by molar-refractivity contribution is -0.127. The van der Waals surface area contributed by atoms with Gasteiger partial charge in [0.2, 0.25) is 5.91 Å². The fourth-order valence-electron chi connectivity index (χ4n) is 5.27. The lowest BCUT2D eigenvalue weighted by Gasteiger charge is -2.34. The number of pyridine rings is 1. The largest absolute Gasteiger partial charge is 0.492 e. The van der Waals surface area contributed by atoms with Gasteiger partial charge in [0.1, 0.15) is 23.4 Å². The zero-order chi connectivity index (χ0) is 24.6. The molecule has 5 heterocycles. The van der Waals surface area contributed by atoms with Crippen molar-refractivity contribution < 1.29 is 14.3 Å². The van der Waals surface area contributed by atoms with E-state index in [1.165, 1.54) is 12.4 Å². The first-order chi connectivity index (χ1) is 17.6. The van der Waals surface area contributed by atoms with Crippen molar-refractivity contribution in [1.82, 2.24) is 19.9 Å². The Morgan fingerprint density at radius 2 is 2.17 bits per heavy atom. The molecule has 2 aromatic heterocycles. The third-order valence-corrected chi connectivity index (χ3v) is 7.45. The maximum Gasteiger partial charge on any atom is 0.246 e. The minimum Gasteiger partial charge on any atom is -0.492 e. The van der Waals surface area contributed by atoms with Crippen molar-refractivity contribution in [1.29, 1.82) is 0 Å². The number of ether oxygens (including phenoxy) is 2. The third kappa shape index (κ3) is 4.33. The number of hydrogen-bond donors (Lipinski definition) is 1. The molecule has 3 fully saturated rings. The summed E-state index contributed by atoms with van der Waals surface area (Å²) in [5.41, 5.74) is 2.20. The number of carbonyl (C=O) groups is 1. The second kappa shape index (κ2) is 9.55. The Labute approximate surface area is 214 Å². The molecule has 3 atom stereocenters. The van der Waals surface area contributed by atoms with E-state index in [1.807, 2.05) is 35.2 Å². The van der Waals surface area contributed by atoms with Crippen LogP contribution in [0.4, 0.5) is 17.3 Å². The first-order valence-electron chi connectivity index (χ1n) is 12.2. The van der Waals surface area contributed by atoms with E-state index in [0.29, 0.717) is 41.2 Å². The van der Waals surface area contributed by atoms with Crippen LogP contribution in [0.2, 0.25) is 5.02 Å². The molecule has 0 spiro atoms. The summed E-state index contributed by atoms with van der Waals surface area (Å²) in [4.78, 5) is 30.0. The van der Waals surface area contributed by atoms with Gasteiger partial charge in [-0.25, -0.2) is 15.0 Å². The van der Waals surface area contributed by atoms with E-state index in [4.69, 9.17) is 26.1 Å². The number of aromatic nitrogens is 3. The van der Waals surface area contributed by atoms with E-state index in [1.54, 1.807) is 0 Å². The minimum atomic E-state index is -0.00357. The smallest absolute Gasteiger partial charge is 0.246 e. The number of carbonyl (C=O) groups excluding carboxylic acids is 1. The monoisotopic (exact) mass is 506 g/mol. The van der Waals surface area contributed by atoms with Crippen LogP contribution in [0.1, 0.15) is 12.8 Å². The van der Waals surface area contributed by atoms with Gasteiger partial charge in [-0.2, -0.15) is 0 Å². The first-order valence-corrected chi connectivity index (χ1v) is 12.6. The molecule has 0 unspecified atom stereocenters. The number of likely N-dealkylation sites (tertiary alicyclic amines) is 1. The fourth-order valence-corrected chi connectivity index (χ4v) is 5.51. The van der Waals surface area contributed by atoms with Gasteiger partial charge in [-0.15, -0.1) is 0 Å². The Balaban J connectivity index is 1.20. The Morgan fingerprint density at radius 1 is 1.25 bits per heavy atom. The molecule has 3 aliphatic heterocycles. The van der Waals surface area contributed by atoms with Gasteiger partial charge in [0.15, 0.2) is 5.82 Å². The van der Waals surface area contributed by atoms with Crippen LogP contribution in [0.25, 0.3) is 11.0 Å². The second-order valence-electron chi connectivity index (χ2n) is 9.46. The van der Waals surface area contributed by atoms with Crippen LogP contribution in [0.3, 0.4) is 0 Å². The van der Waals surface area contributed by atoms with Gasteiger partial charge in [0.25, 0.3) is 0 Å². The summed E-state index contributed by atoms with van der Waals surface area (Å²) in [6.45, 7) is 7.18. The zero-order valence-electron chi connectivity index (χ0n) is 19.8. The van der Waals surface area contributed by atoms with Crippen LogP contribution >= 0.6 is 11.6 Å². The van der Waals surface area contributed by atoms with Crippen molar-refractivity contribution in [3.8, 4) is 5.75 Å². The van der Waals surface area contributed by atoms with E-state index < -0.39 is 0 Å². The summed E-state index contributed by atoms with van der Waals surface area (Å²) in [6.07, 6.45) is 4.86. The summed E-state index contributed by atoms with van der Waals surface area (Å²) >= 11 is 6.51. The minimum absolute atomic E-state index is 0.00357. The Kier molecular flexibility index (Phi) is 6.10. The number of amides is 1. The number of fused-ring (bicyclic) bond motifs is 3. The maximum absolute atomic E-state index is 12.1. The number of piperazine rings is 1. The van der Waals surface area contributed by atoms with E-state index in [2.05, 4.69) is 26.8 Å². The summed E-state index contributed by atoms with van der Waals surface area (Å²) in [5.74, 6) is 2.51. The molecule has 36 heavy (non-hydrogen) atoms. The lowest BCUT2D eigenvalue weighted by atomic mass is 10.1. The molecule has 2 bridgehead atoms. The van der Waals surface area contributed by atoms with Gasteiger partial charge in [-0.3, -0.25) is 4.79 Å². The average Bonchev–Trinajstić information content (AvgIpc) is 3.66. The van der Waals surface area contributed by atoms with Crippen LogP contribution in [0.5, 0.6) is 5.75 Å². The Morgan fingerprint density at radius 3 is 2.92 bits per heavy atom. The van der Waals surface area contributed by atoms with Crippen molar-refractivity contribution in [3.63, 3.8) is 0 Å². The van der Waals surface area contributed by atoms with Gasteiger partial charge >= 0.3 is 0 Å². The van der Waals surface area contributed by atoms with Gasteiger partial charge in [-0.1, -0.05) is 18.2 Å². The SMILES string of the molecule is C=CC(=O)N1C[C@@H]2C[C@H]1CN2c1ccc2ncnc(Nc3ccc(OC[C@@H]4CCOC4)c(Cl)c3)c2n1. The zero-order valence-corrected chi connectivity index (χ0v) is 20.5. The van der Waals surface area contributed by atoms with E-state index in [9.17, 15) is 4.79 Å². The van der Waals surface area contributed by atoms with E-state index >= 15 is 0 Å². The van der Waals surface area contributed by atoms with Gasteiger partial charge in [0, 0.05) is 31.3 Å². The van der Waals surface area contributed by atoms with Crippen molar-refractivity contribution in [2.75, 3.05) is 43.1 Å². The lowest BCUT2D eigenvalue weighted by Crippen LogP contribution is -2.48. The molecular formula is C26H27ClN6O3. The van der Waals surface area contributed by atoms with Crippen LogP contribution in [-0.4, -0.2) is 70.8 Å². The van der Waals surface area contributed by atoms with Crippen molar-refractivity contribution in [3.05, 3.63) is 54.3 Å². The van der Waals surface area contributed by atoms with Crippen LogP contribution < -0.4 is 15.0 Å². The molecule has 10 heteroatoms. The van der Waals surface area contributed by atoms with Gasteiger partial charge < -0.3 is 24.6 Å². The van der Waals surface area contributed by atoms with Crippen LogP contribution in [-0.2, 0) is 9.53 Å². The molecule has 3 aromatic rings. The average molecular weight is 507 g/mol. The summed E-state index contributed by atoms with van der Waals surface area (Å²) in [7, 11) is 0. The number of anilines is 3. The second-order valence-corrected chi connectivity index (χ2v) is 9.87. The van der Waals surface area contributed by atoms with Gasteiger partial charge in [0.05, 0.1) is 35.8 Å². The molecule has 9 nitrogen and oxygen atoms in total. The highest BCUT2D eigenvalue weighted by atomic mass is 35.5. The molecule has 0 saturated carbocycles. The van der Waals surface area contributed by atoms with E-state index in [-0.39, 0.29) is 18.0 Å². The number of halogens is 1. The first kappa shape index (κ1) is 23.0. The van der Waals surface area contributed by atoms with Crippen molar-refractivity contribution in [2.24, 2.45) is 5.92 Å². The highest BCUT2D eigenvalue weighted by Gasteiger charge is 2.45. The number of nitrogens with zero attached hydrogens (tertiary/aromatic N) is 5. The number of rotatable bonds is 7. The topological polar surface area (TPSA) is 92.7 Å². The van der Waals surface area contributed by atoms with Crippen molar-refractivity contribution in [2.45, 2.75) is 24.9 Å². The molecule has 0 radical (unpaired) electrons. The van der Waals surface area contributed by atoms with E-state index in [0.717, 1.165) is 49.6 Å². The van der Waals surface area contributed by atoms with Crippen LogP contribution in [0, 0.1) is 5.92 Å². The quantitative estimate of drug-likeness (QED) is 0.483. The molecule has 0 aliphatic carbocycles. The fraction of sp³-hybridized carbons (Fsp3) is 0.385. The number of nitrogens with one attached hydrogen (secondary N) is 1. The standard InChI is InChI=1S/C26H27ClN6O3/c1-2-24(34)33-12-18-10-19(33)11-32(18)23-6-4-21-25(31-23)26(29-15-28-21)30-17-3-5-22(20(27)9-17)36-14-16-7-8-35-13-16/h2-6,9,15-16,18-19H,1,7-8,10-14H2,(H,28,29,30)/t16-,18+,19+/m1/s1. The van der Waals surface area contributed by atoms with Crippen LogP contribution in [0.15, 0.2) is 49.3 Å². The van der Waals surface area contributed by atoms with Gasteiger partial charge in [-0.05, 0) is 49.2 Å². The molecule has 1 N–H and O–H groups in total. The predicted molar refractivity (Wildman–Crippen MR) is 138 cm³/mol. The summed E-state index contributed by atoms with van der Waals surface area (Å²) in [6, 6.07) is 9.97. The third-order valence-electron chi connectivity index (χ3n) is 7.15. The van der Waals surface area contributed by atoms with Crippen molar-refractivity contribution >= 4 is 45.9 Å². The summed E-state index contributed by atoms with van der Waals surface area (Å²) < 4.78 is 11.3. The summed E-state index contributed by atoms with van der Waals surface area (Å²) in [5, 5.41) is 3.86. The highest BCUT2D eigenvalue weighted by molar-refractivity contribution is 6.32. The maximum atomic E-state index is 12.1. The number of benzene rings is 1. The molecule has 186 valence electrons.